The second-order valence-electron chi connectivity index (χ2n) is 9.55. The van der Waals surface area contributed by atoms with Gasteiger partial charge in [-0.3, -0.25) is 4.79 Å². The van der Waals surface area contributed by atoms with Crippen molar-refractivity contribution in [2.24, 2.45) is 0 Å². The Labute approximate surface area is 190 Å². The van der Waals surface area contributed by atoms with E-state index in [0.717, 1.165) is 11.8 Å². The second kappa shape index (κ2) is 12.2. The van der Waals surface area contributed by atoms with E-state index in [-0.39, 0.29) is 5.41 Å². The monoisotopic (exact) mass is 418 g/mol. The van der Waals surface area contributed by atoms with Crippen molar-refractivity contribution < 1.29 is 4.79 Å². The Kier molecular flexibility index (Phi) is 9.37. The number of hydrogen-bond acceptors (Lipinski definition) is 1. The SMILES string of the molecule is CCCCCCCCC1(CCCCCCCC)c2ccccc2-c2cccc(C=O)c21. The number of carbonyl (C=O) groups is 1. The van der Waals surface area contributed by atoms with Crippen LogP contribution in [0.2, 0.25) is 0 Å². The summed E-state index contributed by atoms with van der Waals surface area (Å²) in [5.74, 6) is 0. The number of fused-ring (bicyclic) bond motifs is 3. The van der Waals surface area contributed by atoms with Crippen LogP contribution in [0.25, 0.3) is 11.1 Å². The first-order chi connectivity index (χ1) is 15.3. The molecule has 2 aromatic rings. The third kappa shape index (κ3) is 5.48. The van der Waals surface area contributed by atoms with Gasteiger partial charge in [0.05, 0.1) is 0 Å². The van der Waals surface area contributed by atoms with Crippen LogP contribution in [0, 0.1) is 0 Å². The Bertz CT molecular complexity index is 803. The lowest BCUT2D eigenvalue weighted by molar-refractivity contribution is 0.112. The summed E-state index contributed by atoms with van der Waals surface area (Å²) in [6.45, 7) is 4.56. The topological polar surface area (TPSA) is 17.1 Å². The van der Waals surface area contributed by atoms with E-state index in [1.54, 1.807) is 0 Å². The summed E-state index contributed by atoms with van der Waals surface area (Å²) < 4.78 is 0. The number of benzene rings is 2. The van der Waals surface area contributed by atoms with E-state index in [1.807, 2.05) is 6.07 Å². The van der Waals surface area contributed by atoms with Gasteiger partial charge in [0.1, 0.15) is 6.29 Å². The third-order valence-corrected chi connectivity index (χ3v) is 7.35. The highest BCUT2D eigenvalue weighted by Gasteiger charge is 2.43. The molecular weight excluding hydrogens is 376 g/mol. The van der Waals surface area contributed by atoms with Gasteiger partial charge in [0, 0.05) is 11.0 Å². The molecule has 1 aliphatic rings. The maximum absolute atomic E-state index is 12.1. The molecule has 0 heterocycles. The molecule has 2 aromatic carbocycles. The molecule has 0 aromatic heterocycles. The maximum atomic E-state index is 12.1. The van der Waals surface area contributed by atoms with Crippen LogP contribution < -0.4 is 0 Å². The summed E-state index contributed by atoms with van der Waals surface area (Å²) >= 11 is 0. The minimum Gasteiger partial charge on any atom is -0.298 e. The Hall–Kier alpha value is -1.89. The van der Waals surface area contributed by atoms with Crippen molar-refractivity contribution in [3.63, 3.8) is 0 Å². The van der Waals surface area contributed by atoms with Crippen LogP contribution in [0.4, 0.5) is 0 Å². The van der Waals surface area contributed by atoms with Crippen LogP contribution in [0.1, 0.15) is 125 Å². The zero-order chi connectivity index (χ0) is 21.9. The van der Waals surface area contributed by atoms with Gasteiger partial charge in [0.2, 0.25) is 0 Å². The van der Waals surface area contributed by atoms with E-state index in [1.165, 1.54) is 112 Å². The lowest BCUT2D eigenvalue weighted by Crippen LogP contribution is -2.27. The van der Waals surface area contributed by atoms with Crippen LogP contribution in [0.3, 0.4) is 0 Å². The van der Waals surface area contributed by atoms with Crippen molar-refractivity contribution in [1.82, 2.24) is 0 Å². The molecule has 0 saturated heterocycles. The fourth-order valence-corrected chi connectivity index (χ4v) is 5.76. The van der Waals surface area contributed by atoms with Crippen LogP contribution >= 0.6 is 0 Å². The lowest BCUT2D eigenvalue weighted by atomic mass is 9.69. The van der Waals surface area contributed by atoms with Crippen molar-refractivity contribution in [1.29, 1.82) is 0 Å². The van der Waals surface area contributed by atoms with Crippen LogP contribution in [-0.4, -0.2) is 6.29 Å². The van der Waals surface area contributed by atoms with E-state index in [2.05, 4.69) is 50.2 Å². The summed E-state index contributed by atoms with van der Waals surface area (Å²) in [6, 6.07) is 15.3. The predicted molar refractivity (Wildman–Crippen MR) is 134 cm³/mol. The number of unbranched alkanes of at least 4 members (excludes halogenated alkanes) is 10. The number of hydrogen-bond donors (Lipinski definition) is 0. The molecule has 0 atom stereocenters. The van der Waals surface area contributed by atoms with Gasteiger partial charge >= 0.3 is 0 Å². The second-order valence-corrected chi connectivity index (χ2v) is 9.55. The average Bonchev–Trinajstić information content (AvgIpc) is 3.09. The lowest BCUT2D eigenvalue weighted by Gasteiger charge is -2.33. The van der Waals surface area contributed by atoms with Crippen molar-refractivity contribution >= 4 is 6.29 Å². The summed E-state index contributed by atoms with van der Waals surface area (Å²) in [5.41, 5.74) is 6.38. The zero-order valence-electron chi connectivity index (χ0n) is 19.9. The predicted octanol–water partition coefficient (Wildman–Crippen LogP) is 9.27. The molecule has 0 aliphatic heterocycles. The Morgan fingerprint density at radius 1 is 0.645 bits per heavy atom. The molecule has 0 amide bonds. The molecule has 0 fully saturated rings. The molecule has 0 spiro atoms. The highest BCUT2D eigenvalue weighted by atomic mass is 16.1. The largest absolute Gasteiger partial charge is 0.298 e. The van der Waals surface area contributed by atoms with Gasteiger partial charge in [-0.2, -0.15) is 0 Å². The Morgan fingerprint density at radius 2 is 1.19 bits per heavy atom. The normalized spacial score (nSPS) is 13.7. The molecule has 31 heavy (non-hydrogen) atoms. The number of carbonyl (C=O) groups excluding carboxylic acids is 1. The molecule has 3 rings (SSSR count). The highest BCUT2D eigenvalue weighted by molar-refractivity contribution is 5.90. The minimum atomic E-state index is 0.0128. The van der Waals surface area contributed by atoms with Gasteiger partial charge in [-0.05, 0) is 35.1 Å². The molecule has 0 bridgehead atoms. The van der Waals surface area contributed by atoms with Gasteiger partial charge < -0.3 is 0 Å². The van der Waals surface area contributed by atoms with Crippen molar-refractivity contribution in [2.45, 2.75) is 109 Å². The summed E-state index contributed by atoms with van der Waals surface area (Å²) in [4.78, 5) is 12.1. The molecule has 1 nitrogen and oxygen atoms in total. The standard InChI is InChI=1S/C30H42O/c1-3-5-7-9-11-15-22-30(23-16-12-10-8-6-4-2)28-21-14-13-19-26(28)27-20-17-18-25(24-31)29(27)30/h13-14,17-21,24H,3-12,15-16,22-23H2,1-2H3. The molecule has 0 saturated carbocycles. The van der Waals surface area contributed by atoms with Gasteiger partial charge in [-0.15, -0.1) is 0 Å². The first kappa shape index (κ1) is 23.8. The molecule has 0 unspecified atom stereocenters. The number of rotatable bonds is 15. The molecule has 1 heteroatoms. The average molecular weight is 419 g/mol. The summed E-state index contributed by atoms with van der Waals surface area (Å²) in [5, 5.41) is 0. The van der Waals surface area contributed by atoms with E-state index in [0.29, 0.717) is 0 Å². The van der Waals surface area contributed by atoms with E-state index >= 15 is 0 Å². The Morgan fingerprint density at radius 3 is 1.81 bits per heavy atom. The van der Waals surface area contributed by atoms with Crippen molar-refractivity contribution in [3.05, 3.63) is 59.2 Å². The fraction of sp³-hybridized carbons (Fsp3) is 0.567. The third-order valence-electron chi connectivity index (χ3n) is 7.35. The number of aldehydes is 1. The van der Waals surface area contributed by atoms with Crippen molar-refractivity contribution in [3.8, 4) is 11.1 Å². The minimum absolute atomic E-state index is 0.0128. The summed E-state index contributed by atoms with van der Waals surface area (Å²) in [6.07, 6.45) is 19.2. The van der Waals surface area contributed by atoms with E-state index in [4.69, 9.17) is 0 Å². The zero-order valence-corrected chi connectivity index (χ0v) is 19.9. The van der Waals surface area contributed by atoms with E-state index < -0.39 is 0 Å². The fourth-order valence-electron chi connectivity index (χ4n) is 5.76. The Balaban J connectivity index is 1.86. The van der Waals surface area contributed by atoms with Crippen LogP contribution in [0.15, 0.2) is 42.5 Å². The van der Waals surface area contributed by atoms with Gasteiger partial charge in [0.15, 0.2) is 0 Å². The highest BCUT2D eigenvalue weighted by Crippen LogP contribution is 2.55. The maximum Gasteiger partial charge on any atom is 0.150 e. The first-order valence-electron chi connectivity index (χ1n) is 13.0. The smallest absolute Gasteiger partial charge is 0.150 e. The molecule has 0 radical (unpaired) electrons. The molecule has 168 valence electrons. The van der Waals surface area contributed by atoms with E-state index in [9.17, 15) is 4.79 Å². The molecule has 1 aliphatic carbocycles. The van der Waals surface area contributed by atoms with Crippen LogP contribution in [-0.2, 0) is 5.41 Å². The van der Waals surface area contributed by atoms with Gasteiger partial charge in [-0.1, -0.05) is 133 Å². The van der Waals surface area contributed by atoms with Crippen molar-refractivity contribution in [2.75, 3.05) is 0 Å². The molecular formula is C30H42O. The van der Waals surface area contributed by atoms with Gasteiger partial charge in [-0.25, -0.2) is 0 Å². The first-order valence-corrected chi connectivity index (χ1v) is 13.0. The van der Waals surface area contributed by atoms with Gasteiger partial charge in [0.25, 0.3) is 0 Å². The van der Waals surface area contributed by atoms with Crippen LogP contribution in [0.5, 0.6) is 0 Å². The molecule has 0 N–H and O–H groups in total. The summed E-state index contributed by atoms with van der Waals surface area (Å²) in [7, 11) is 0. The quantitative estimate of drug-likeness (QED) is 0.208.